The largest absolute Gasteiger partial charge is 0.491 e. The van der Waals surface area contributed by atoms with Crippen molar-refractivity contribution in [3.63, 3.8) is 0 Å². The van der Waals surface area contributed by atoms with E-state index < -0.39 is 0 Å². The van der Waals surface area contributed by atoms with Gasteiger partial charge in [0.2, 0.25) is 0 Å². The van der Waals surface area contributed by atoms with Crippen LogP contribution in [0.4, 0.5) is 0 Å². The van der Waals surface area contributed by atoms with Crippen molar-refractivity contribution in [3.05, 3.63) is 28.7 Å². The molecule has 204 valence electrons. The van der Waals surface area contributed by atoms with Crippen LogP contribution in [0.3, 0.4) is 0 Å². The fourth-order valence-electron chi connectivity index (χ4n) is 2.48. The highest BCUT2D eigenvalue weighted by molar-refractivity contribution is 9.10. The van der Waals surface area contributed by atoms with Crippen LogP contribution in [0.1, 0.15) is 0 Å². The first-order valence-corrected chi connectivity index (χ1v) is 12.7. The van der Waals surface area contributed by atoms with Crippen LogP contribution in [-0.4, -0.2) is 124 Å². The summed E-state index contributed by atoms with van der Waals surface area (Å²) in [5.74, 6) is 0.814. The molecule has 0 atom stereocenters. The van der Waals surface area contributed by atoms with Crippen LogP contribution in [0.25, 0.3) is 0 Å². The summed E-state index contributed by atoms with van der Waals surface area (Å²) in [5, 5.41) is 8.55. The van der Waals surface area contributed by atoms with E-state index in [1.807, 2.05) is 24.3 Å². The van der Waals surface area contributed by atoms with E-state index in [2.05, 4.69) is 15.9 Å². The highest BCUT2D eigenvalue weighted by atomic mass is 79.9. The zero-order chi connectivity index (χ0) is 25.1. The first-order valence-electron chi connectivity index (χ1n) is 11.9. The first-order chi connectivity index (χ1) is 17.3. The SMILES string of the molecule is OCCOCCOCCOCCOCCOCCOCCOCCOCCOc1cccc(Br)c1. The van der Waals surface area contributed by atoms with E-state index in [0.717, 1.165) is 10.2 Å². The van der Waals surface area contributed by atoms with Gasteiger partial charge in [0.25, 0.3) is 0 Å². The normalized spacial score (nSPS) is 11.3. The molecular weight excluding hydrogens is 528 g/mol. The molecule has 0 aliphatic carbocycles. The molecule has 35 heavy (non-hydrogen) atoms. The van der Waals surface area contributed by atoms with Gasteiger partial charge in [0.05, 0.1) is 112 Å². The molecule has 0 aliphatic rings. The van der Waals surface area contributed by atoms with Gasteiger partial charge in [-0.2, -0.15) is 0 Å². The van der Waals surface area contributed by atoms with Gasteiger partial charge in [-0.25, -0.2) is 0 Å². The quantitative estimate of drug-likeness (QED) is 0.158. The molecule has 0 heterocycles. The van der Waals surface area contributed by atoms with Crippen molar-refractivity contribution in [3.8, 4) is 5.75 Å². The van der Waals surface area contributed by atoms with Crippen LogP contribution >= 0.6 is 15.9 Å². The summed E-state index contributed by atoms with van der Waals surface area (Å²) in [5.41, 5.74) is 0. The summed E-state index contributed by atoms with van der Waals surface area (Å²) in [4.78, 5) is 0. The zero-order valence-electron chi connectivity index (χ0n) is 20.5. The molecule has 0 amide bonds. The van der Waals surface area contributed by atoms with Crippen LogP contribution in [0.15, 0.2) is 28.7 Å². The zero-order valence-corrected chi connectivity index (χ0v) is 22.1. The predicted molar refractivity (Wildman–Crippen MR) is 133 cm³/mol. The minimum atomic E-state index is 0.0289. The summed E-state index contributed by atoms with van der Waals surface area (Å²) in [6, 6.07) is 7.71. The monoisotopic (exact) mass is 568 g/mol. The second kappa shape index (κ2) is 26.2. The number of hydrogen-bond donors (Lipinski definition) is 1. The number of aliphatic hydroxyl groups is 1. The Bertz CT molecular complexity index is 567. The summed E-state index contributed by atoms with van der Waals surface area (Å²) >= 11 is 3.41. The Morgan fingerprint density at radius 3 is 1.17 bits per heavy atom. The predicted octanol–water partition coefficient (Wildman–Crippen LogP) is 1.95. The van der Waals surface area contributed by atoms with Crippen molar-refractivity contribution in [2.24, 2.45) is 0 Å². The fraction of sp³-hybridized carbons (Fsp3) is 0.750. The molecular formula is C24H41BrO10. The lowest BCUT2D eigenvalue weighted by molar-refractivity contribution is -0.0242. The average molecular weight is 569 g/mol. The molecule has 0 spiro atoms. The maximum absolute atomic E-state index is 8.55. The molecule has 0 saturated carbocycles. The molecule has 11 heteroatoms. The van der Waals surface area contributed by atoms with Crippen LogP contribution < -0.4 is 4.74 Å². The molecule has 0 unspecified atom stereocenters. The van der Waals surface area contributed by atoms with Gasteiger partial charge in [-0.15, -0.1) is 0 Å². The third kappa shape index (κ3) is 23.3. The van der Waals surface area contributed by atoms with E-state index >= 15 is 0 Å². The van der Waals surface area contributed by atoms with Crippen LogP contribution in [0.5, 0.6) is 5.75 Å². The van der Waals surface area contributed by atoms with Crippen LogP contribution in [0, 0.1) is 0 Å². The molecule has 0 radical (unpaired) electrons. The lowest BCUT2D eigenvalue weighted by Crippen LogP contribution is -2.15. The summed E-state index contributed by atoms with van der Waals surface area (Å²) in [7, 11) is 0. The molecule has 1 N–H and O–H groups in total. The first kappa shape index (κ1) is 32.2. The number of halogens is 1. The molecule has 0 saturated heterocycles. The van der Waals surface area contributed by atoms with Crippen molar-refractivity contribution in [1.29, 1.82) is 0 Å². The lowest BCUT2D eigenvalue weighted by atomic mass is 10.3. The highest BCUT2D eigenvalue weighted by Gasteiger charge is 1.97. The summed E-state index contributed by atoms with van der Waals surface area (Å²) < 4.78 is 49.6. The van der Waals surface area contributed by atoms with Gasteiger partial charge in [0, 0.05) is 4.47 Å². The van der Waals surface area contributed by atoms with Gasteiger partial charge in [0.15, 0.2) is 0 Å². The van der Waals surface area contributed by atoms with E-state index in [1.54, 1.807) is 0 Å². The number of benzene rings is 1. The summed E-state index contributed by atoms with van der Waals surface area (Å²) in [6.07, 6.45) is 0. The van der Waals surface area contributed by atoms with Gasteiger partial charge in [-0.1, -0.05) is 22.0 Å². The van der Waals surface area contributed by atoms with Gasteiger partial charge in [-0.05, 0) is 18.2 Å². The van der Waals surface area contributed by atoms with Gasteiger partial charge >= 0.3 is 0 Å². The second-order valence-corrected chi connectivity index (χ2v) is 7.84. The van der Waals surface area contributed by atoms with Crippen molar-refractivity contribution in [1.82, 2.24) is 0 Å². The Hall–Kier alpha value is -0.860. The van der Waals surface area contributed by atoms with Gasteiger partial charge in [0.1, 0.15) is 12.4 Å². The molecule has 0 aromatic heterocycles. The molecule has 10 nitrogen and oxygen atoms in total. The van der Waals surface area contributed by atoms with Gasteiger partial charge in [-0.3, -0.25) is 0 Å². The van der Waals surface area contributed by atoms with E-state index in [9.17, 15) is 0 Å². The number of hydrogen-bond acceptors (Lipinski definition) is 10. The van der Waals surface area contributed by atoms with Crippen LogP contribution in [-0.2, 0) is 37.9 Å². The summed E-state index contributed by atoms with van der Waals surface area (Å²) in [6.45, 7) is 8.52. The molecule has 0 bridgehead atoms. The molecule has 1 aromatic rings. The molecule has 1 aromatic carbocycles. The Morgan fingerprint density at radius 1 is 0.486 bits per heavy atom. The number of aliphatic hydroxyl groups excluding tert-OH is 1. The maximum atomic E-state index is 8.55. The minimum absolute atomic E-state index is 0.0289. The number of ether oxygens (including phenoxy) is 9. The maximum Gasteiger partial charge on any atom is 0.120 e. The minimum Gasteiger partial charge on any atom is -0.491 e. The number of rotatable bonds is 27. The smallest absolute Gasteiger partial charge is 0.120 e. The van der Waals surface area contributed by atoms with E-state index in [-0.39, 0.29) is 6.61 Å². The van der Waals surface area contributed by atoms with Gasteiger partial charge < -0.3 is 47.7 Å². The van der Waals surface area contributed by atoms with E-state index in [1.165, 1.54) is 0 Å². The van der Waals surface area contributed by atoms with Crippen molar-refractivity contribution >= 4 is 15.9 Å². The molecule has 1 rings (SSSR count). The average Bonchev–Trinajstić information content (AvgIpc) is 2.86. The van der Waals surface area contributed by atoms with Crippen molar-refractivity contribution < 1.29 is 47.7 Å². The second-order valence-electron chi connectivity index (χ2n) is 6.93. The fourth-order valence-corrected chi connectivity index (χ4v) is 2.86. The third-order valence-electron chi connectivity index (χ3n) is 4.13. The molecule has 0 aliphatic heterocycles. The Morgan fingerprint density at radius 2 is 0.829 bits per heavy atom. The van der Waals surface area contributed by atoms with Crippen molar-refractivity contribution in [2.45, 2.75) is 0 Å². The van der Waals surface area contributed by atoms with E-state index in [4.69, 9.17) is 47.7 Å². The Balaban J connectivity index is 1.66. The topological polar surface area (TPSA) is 103 Å². The highest BCUT2D eigenvalue weighted by Crippen LogP contribution is 2.17. The van der Waals surface area contributed by atoms with Crippen LogP contribution in [0.2, 0.25) is 0 Å². The van der Waals surface area contributed by atoms with E-state index in [0.29, 0.717) is 112 Å². The molecule has 0 fully saturated rings. The standard InChI is InChI=1S/C24H41BrO10/c25-23-2-1-3-24(22-23)35-21-20-34-19-18-33-17-16-32-15-14-31-13-12-30-11-10-29-9-8-28-7-6-27-5-4-26/h1-3,22,26H,4-21H2. The lowest BCUT2D eigenvalue weighted by Gasteiger charge is -2.09. The Kier molecular flexibility index (Phi) is 24.1. The Labute approximate surface area is 217 Å². The van der Waals surface area contributed by atoms with Crippen molar-refractivity contribution in [2.75, 3.05) is 119 Å². The third-order valence-corrected chi connectivity index (χ3v) is 4.63.